The number of carbonyl (C=O) groups is 1. The number of amides is 1. The number of alkyl halides is 1. The second-order valence-corrected chi connectivity index (χ2v) is 5.27. The van der Waals surface area contributed by atoms with Crippen molar-refractivity contribution in [3.05, 3.63) is 63.7 Å². The molecule has 122 valence electrons. The van der Waals surface area contributed by atoms with Gasteiger partial charge in [-0.2, -0.15) is 0 Å². The fourth-order valence-electron chi connectivity index (χ4n) is 1.94. The summed E-state index contributed by atoms with van der Waals surface area (Å²) in [4.78, 5) is 24.3. The number of hydrogen-bond donors (Lipinski definition) is 1. The molecule has 0 radical (unpaired) electrons. The quantitative estimate of drug-likeness (QED) is 0.889. The van der Waals surface area contributed by atoms with E-state index in [4.69, 9.17) is 9.15 Å². The SMILES string of the molecule is CC(C)NC(=O)c1oc(CF)cc(=O)c1OCc1ccccc1. The number of halogens is 1. The molecular formula is C17H18FNO4. The van der Waals surface area contributed by atoms with Crippen molar-refractivity contribution in [1.82, 2.24) is 5.32 Å². The fourth-order valence-corrected chi connectivity index (χ4v) is 1.94. The van der Waals surface area contributed by atoms with Crippen molar-refractivity contribution in [3.63, 3.8) is 0 Å². The number of ether oxygens (including phenoxy) is 1. The van der Waals surface area contributed by atoms with E-state index in [1.807, 2.05) is 30.3 Å². The molecule has 1 heterocycles. The van der Waals surface area contributed by atoms with Crippen molar-refractivity contribution in [2.45, 2.75) is 33.2 Å². The molecule has 6 heteroatoms. The predicted octanol–water partition coefficient (Wildman–Crippen LogP) is 2.83. The van der Waals surface area contributed by atoms with Gasteiger partial charge in [-0.3, -0.25) is 9.59 Å². The average molecular weight is 319 g/mol. The highest BCUT2D eigenvalue weighted by Gasteiger charge is 2.21. The fraction of sp³-hybridized carbons (Fsp3) is 0.294. The van der Waals surface area contributed by atoms with Crippen LogP contribution in [0.1, 0.15) is 35.7 Å². The van der Waals surface area contributed by atoms with Crippen LogP contribution in [0, 0.1) is 0 Å². The zero-order valence-corrected chi connectivity index (χ0v) is 13.0. The van der Waals surface area contributed by atoms with Gasteiger partial charge < -0.3 is 14.5 Å². The summed E-state index contributed by atoms with van der Waals surface area (Å²) in [7, 11) is 0. The van der Waals surface area contributed by atoms with Crippen molar-refractivity contribution >= 4 is 5.91 Å². The van der Waals surface area contributed by atoms with Crippen LogP contribution in [0.2, 0.25) is 0 Å². The van der Waals surface area contributed by atoms with Gasteiger partial charge in [0.15, 0.2) is 0 Å². The van der Waals surface area contributed by atoms with Crippen molar-refractivity contribution in [2.24, 2.45) is 0 Å². The van der Waals surface area contributed by atoms with Gasteiger partial charge >= 0.3 is 0 Å². The molecule has 0 bridgehead atoms. The van der Waals surface area contributed by atoms with E-state index >= 15 is 0 Å². The van der Waals surface area contributed by atoms with Crippen LogP contribution >= 0.6 is 0 Å². The van der Waals surface area contributed by atoms with Crippen molar-refractivity contribution in [2.75, 3.05) is 0 Å². The normalized spacial score (nSPS) is 10.6. The zero-order chi connectivity index (χ0) is 16.8. The Labute approximate surface area is 133 Å². The lowest BCUT2D eigenvalue weighted by molar-refractivity contribution is 0.0900. The first-order valence-corrected chi connectivity index (χ1v) is 7.22. The summed E-state index contributed by atoms with van der Waals surface area (Å²) >= 11 is 0. The minimum atomic E-state index is -0.976. The number of rotatable bonds is 6. The molecule has 1 N–H and O–H groups in total. The van der Waals surface area contributed by atoms with Crippen LogP contribution < -0.4 is 15.5 Å². The van der Waals surface area contributed by atoms with Gasteiger partial charge in [0, 0.05) is 12.1 Å². The summed E-state index contributed by atoms with van der Waals surface area (Å²) in [6, 6.07) is 10.0. The Kier molecular flexibility index (Phi) is 5.51. The van der Waals surface area contributed by atoms with E-state index < -0.39 is 18.0 Å². The van der Waals surface area contributed by atoms with E-state index in [1.54, 1.807) is 13.8 Å². The predicted molar refractivity (Wildman–Crippen MR) is 83.2 cm³/mol. The molecule has 1 aromatic carbocycles. The van der Waals surface area contributed by atoms with E-state index in [-0.39, 0.29) is 29.9 Å². The number of benzene rings is 1. The lowest BCUT2D eigenvalue weighted by atomic mass is 10.2. The first-order chi connectivity index (χ1) is 11.0. The Morgan fingerprint density at radius 3 is 2.61 bits per heavy atom. The number of nitrogens with one attached hydrogen (secondary N) is 1. The maximum Gasteiger partial charge on any atom is 0.291 e. The van der Waals surface area contributed by atoms with Gasteiger partial charge in [-0.1, -0.05) is 30.3 Å². The summed E-state index contributed by atoms with van der Waals surface area (Å²) < 4.78 is 23.4. The lowest BCUT2D eigenvalue weighted by Gasteiger charge is -2.12. The number of carbonyl (C=O) groups excluding carboxylic acids is 1. The van der Waals surface area contributed by atoms with E-state index in [9.17, 15) is 14.0 Å². The molecule has 0 aliphatic rings. The van der Waals surface area contributed by atoms with Crippen LogP contribution in [0.25, 0.3) is 0 Å². The lowest BCUT2D eigenvalue weighted by Crippen LogP contribution is -2.31. The van der Waals surface area contributed by atoms with Gasteiger partial charge in [0.2, 0.25) is 16.9 Å². The zero-order valence-electron chi connectivity index (χ0n) is 13.0. The maximum atomic E-state index is 12.8. The largest absolute Gasteiger partial charge is 0.481 e. The van der Waals surface area contributed by atoms with Crippen LogP contribution in [0.5, 0.6) is 5.75 Å². The van der Waals surface area contributed by atoms with E-state index in [0.717, 1.165) is 11.6 Å². The first kappa shape index (κ1) is 16.7. The van der Waals surface area contributed by atoms with Crippen LogP contribution in [-0.2, 0) is 13.3 Å². The molecule has 1 aromatic heterocycles. The van der Waals surface area contributed by atoms with Gasteiger partial charge in [-0.05, 0) is 19.4 Å². The summed E-state index contributed by atoms with van der Waals surface area (Å²) in [6.45, 7) is 2.65. The monoisotopic (exact) mass is 319 g/mol. The van der Waals surface area contributed by atoms with Crippen molar-refractivity contribution in [1.29, 1.82) is 0 Å². The molecule has 0 spiro atoms. The van der Waals surface area contributed by atoms with Crippen molar-refractivity contribution < 1.29 is 18.3 Å². The molecule has 5 nitrogen and oxygen atoms in total. The van der Waals surface area contributed by atoms with Gasteiger partial charge in [0.1, 0.15) is 19.0 Å². The summed E-state index contributed by atoms with van der Waals surface area (Å²) in [5.74, 6) is -1.36. The Bertz CT molecular complexity index is 725. The minimum absolute atomic E-state index is 0.0997. The molecule has 0 unspecified atom stereocenters. The smallest absolute Gasteiger partial charge is 0.291 e. The molecule has 0 atom stereocenters. The molecule has 23 heavy (non-hydrogen) atoms. The Morgan fingerprint density at radius 1 is 1.30 bits per heavy atom. The first-order valence-electron chi connectivity index (χ1n) is 7.22. The van der Waals surface area contributed by atoms with Gasteiger partial charge in [-0.25, -0.2) is 4.39 Å². The third kappa shape index (κ3) is 4.42. The third-order valence-corrected chi connectivity index (χ3v) is 2.94. The topological polar surface area (TPSA) is 68.5 Å². The molecule has 2 aromatic rings. The van der Waals surface area contributed by atoms with Gasteiger partial charge in [0.05, 0.1) is 0 Å². The van der Waals surface area contributed by atoms with E-state index in [0.29, 0.717) is 0 Å². The molecule has 0 fully saturated rings. The van der Waals surface area contributed by atoms with Gasteiger partial charge in [0.25, 0.3) is 5.91 Å². The summed E-state index contributed by atoms with van der Waals surface area (Å²) in [5, 5.41) is 2.60. The van der Waals surface area contributed by atoms with E-state index in [1.165, 1.54) is 0 Å². The molecular weight excluding hydrogens is 301 g/mol. The molecule has 0 aliphatic carbocycles. The molecule has 0 saturated heterocycles. The Hall–Kier alpha value is -2.63. The van der Waals surface area contributed by atoms with Crippen LogP contribution in [0.15, 0.2) is 45.6 Å². The highest BCUT2D eigenvalue weighted by atomic mass is 19.1. The standard InChI is InChI=1S/C17H18FNO4/c1-11(2)19-17(21)16-15(14(20)8-13(9-18)23-16)22-10-12-6-4-3-5-7-12/h3-8,11H,9-10H2,1-2H3,(H,19,21). The maximum absolute atomic E-state index is 12.8. The number of hydrogen-bond acceptors (Lipinski definition) is 4. The highest BCUT2D eigenvalue weighted by molar-refractivity contribution is 5.94. The molecule has 1 amide bonds. The molecule has 0 saturated carbocycles. The summed E-state index contributed by atoms with van der Waals surface area (Å²) in [5.41, 5.74) is 0.241. The third-order valence-electron chi connectivity index (χ3n) is 2.94. The highest BCUT2D eigenvalue weighted by Crippen LogP contribution is 2.18. The van der Waals surface area contributed by atoms with Crippen molar-refractivity contribution in [3.8, 4) is 5.75 Å². The van der Waals surface area contributed by atoms with Gasteiger partial charge in [-0.15, -0.1) is 0 Å². The van der Waals surface area contributed by atoms with Crippen LogP contribution in [0.3, 0.4) is 0 Å². The second-order valence-electron chi connectivity index (χ2n) is 5.27. The second kappa shape index (κ2) is 7.58. The minimum Gasteiger partial charge on any atom is -0.481 e. The Morgan fingerprint density at radius 2 is 2.00 bits per heavy atom. The van der Waals surface area contributed by atoms with Crippen LogP contribution in [0.4, 0.5) is 4.39 Å². The Balaban J connectivity index is 2.32. The van der Waals surface area contributed by atoms with E-state index in [2.05, 4.69) is 5.32 Å². The molecule has 2 rings (SSSR count). The summed E-state index contributed by atoms with van der Waals surface area (Å²) in [6.07, 6.45) is 0. The average Bonchev–Trinajstić information content (AvgIpc) is 2.53. The molecule has 0 aliphatic heterocycles. The van der Waals surface area contributed by atoms with Crippen LogP contribution in [-0.4, -0.2) is 11.9 Å².